The molecule has 4 N–H and O–H groups in total. The Morgan fingerprint density at radius 1 is 1.06 bits per heavy atom. The fourth-order valence-electron chi connectivity index (χ4n) is 4.03. The first-order valence-electron chi connectivity index (χ1n) is 11.5. The molecule has 2 aliphatic heterocycles. The number of nitrogens with one attached hydrogen (secondary N) is 2. The van der Waals surface area contributed by atoms with Crippen LogP contribution in [-0.4, -0.2) is 52.0 Å². The average Bonchev–Trinajstić information content (AvgIpc) is 3.23. The van der Waals surface area contributed by atoms with Crippen molar-refractivity contribution in [2.45, 2.75) is 37.0 Å². The minimum Gasteiger partial charge on any atom is -0.368 e. The number of primary amides is 1. The number of benzene rings is 2. The van der Waals surface area contributed by atoms with Crippen LogP contribution in [0.2, 0.25) is 0 Å². The molecule has 9 nitrogen and oxygen atoms in total. The third kappa shape index (κ3) is 6.27. The van der Waals surface area contributed by atoms with Gasteiger partial charge in [-0.1, -0.05) is 48.2 Å². The Morgan fingerprint density at radius 2 is 1.80 bits per heavy atom. The van der Waals surface area contributed by atoms with Gasteiger partial charge >= 0.3 is 0 Å². The van der Waals surface area contributed by atoms with Crippen LogP contribution >= 0.6 is 11.8 Å². The molecule has 0 bridgehead atoms. The maximum absolute atomic E-state index is 12.8. The van der Waals surface area contributed by atoms with Crippen LogP contribution in [0.25, 0.3) is 0 Å². The van der Waals surface area contributed by atoms with E-state index in [0.717, 1.165) is 25.9 Å². The highest BCUT2D eigenvalue weighted by Gasteiger charge is 2.33. The summed E-state index contributed by atoms with van der Waals surface area (Å²) in [6.45, 7) is 1.77. The number of carbonyl (C=O) groups excluding carboxylic acids is 4. The molecule has 10 heteroatoms. The van der Waals surface area contributed by atoms with E-state index >= 15 is 0 Å². The van der Waals surface area contributed by atoms with Gasteiger partial charge in [-0.2, -0.15) is 4.99 Å². The highest BCUT2D eigenvalue weighted by Crippen LogP contribution is 2.29. The summed E-state index contributed by atoms with van der Waals surface area (Å²) in [4.78, 5) is 55.9. The number of likely N-dealkylation sites (tertiary alicyclic amines) is 1. The number of hydrogen-bond acceptors (Lipinski definition) is 6. The van der Waals surface area contributed by atoms with Crippen LogP contribution in [0, 0.1) is 0 Å². The lowest BCUT2D eigenvalue weighted by Gasteiger charge is -2.27. The molecular weight excluding hydrogens is 466 g/mol. The maximum atomic E-state index is 12.8. The van der Waals surface area contributed by atoms with Gasteiger partial charge in [-0.15, -0.1) is 0 Å². The van der Waals surface area contributed by atoms with E-state index in [4.69, 9.17) is 5.73 Å². The minimum absolute atomic E-state index is 0.0154. The van der Waals surface area contributed by atoms with Crippen LogP contribution in [0.15, 0.2) is 59.6 Å². The van der Waals surface area contributed by atoms with Crippen molar-refractivity contribution < 1.29 is 19.2 Å². The van der Waals surface area contributed by atoms with E-state index in [0.29, 0.717) is 16.4 Å². The van der Waals surface area contributed by atoms with Gasteiger partial charge in [0.2, 0.25) is 11.8 Å². The molecule has 0 saturated carbocycles. The third-order valence-corrected chi connectivity index (χ3v) is 7.04. The Balaban J connectivity index is 1.35. The molecule has 2 aromatic rings. The lowest BCUT2D eigenvalue weighted by Crippen LogP contribution is -2.37. The van der Waals surface area contributed by atoms with E-state index in [1.165, 1.54) is 24.2 Å². The van der Waals surface area contributed by atoms with Crippen molar-refractivity contribution in [2.24, 2.45) is 10.7 Å². The zero-order chi connectivity index (χ0) is 24.8. The number of carbonyl (C=O) groups is 4. The van der Waals surface area contributed by atoms with Gasteiger partial charge in [0.15, 0.2) is 5.17 Å². The standard InChI is InChI=1S/C25H27N5O4S/c26-22(32)21(16-8-3-1-4-9-16)28-23(33)17-10-7-11-18(14-17)27-20(31)15-19-24(34)29-25(35-19)30-12-5-2-6-13-30/h1,3-4,7-11,14,19,21H,2,5-6,12-13,15H2,(H2,26,32)(H,27,31)(H,28,33). The molecule has 4 rings (SSSR count). The van der Waals surface area contributed by atoms with E-state index in [2.05, 4.69) is 20.5 Å². The second-order valence-electron chi connectivity index (χ2n) is 8.44. The number of amides is 4. The lowest BCUT2D eigenvalue weighted by atomic mass is 10.1. The number of hydrogen-bond donors (Lipinski definition) is 3. The van der Waals surface area contributed by atoms with E-state index in [1.54, 1.807) is 48.5 Å². The SMILES string of the molecule is NC(=O)C(NC(=O)c1cccc(NC(=O)CC2SC(N3CCCCC3)=NC2=O)c1)c1ccccc1. The largest absolute Gasteiger partial charge is 0.368 e. The number of aliphatic imine (C=N–C) groups is 1. The van der Waals surface area contributed by atoms with Crippen molar-refractivity contribution in [1.29, 1.82) is 0 Å². The molecule has 2 heterocycles. The molecule has 1 fully saturated rings. The fraction of sp³-hybridized carbons (Fsp3) is 0.320. The van der Waals surface area contributed by atoms with Crippen molar-refractivity contribution >= 4 is 46.2 Å². The Kier molecular flexibility index (Phi) is 7.81. The number of rotatable bonds is 7. The highest BCUT2D eigenvalue weighted by molar-refractivity contribution is 8.15. The zero-order valence-electron chi connectivity index (χ0n) is 19.1. The van der Waals surface area contributed by atoms with Crippen LogP contribution in [0.5, 0.6) is 0 Å². The van der Waals surface area contributed by atoms with Gasteiger partial charge in [-0.25, -0.2) is 0 Å². The Bertz CT molecular complexity index is 1150. The molecule has 0 aromatic heterocycles. The number of nitrogens with zero attached hydrogens (tertiary/aromatic N) is 2. The van der Waals surface area contributed by atoms with Gasteiger partial charge in [-0.3, -0.25) is 19.2 Å². The Hall–Kier alpha value is -3.66. The van der Waals surface area contributed by atoms with Crippen LogP contribution in [-0.2, 0) is 14.4 Å². The summed E-state index contributed by atoms with van der Waals surface area (Å²) >= 11 is 1.34. The van der Waals surface area contributed by atoms with E-state index in [1.807, 2.05) is 0 Å². The number of nitrogens with two attached hydrogens (primary N) is 1. The summed E-state index contributed by atoms with van der Waals surface area (Å²) in [5.41, 5.74) is 6.72. The highest BCUT2D eigenvalue weighted by atomic mass is 32.2. The van der Waals surface area contributed by atoms with Gasteiger partial charge in [0.1, 0.15) is 11.3 Å². The fourth-order valence-corrected chi connectivity index (χ4v) is 5.14. The minimum atomic E-state index is -0.985. The van der Waals surface area contributed by atoms with Crippen molar-refractivity contribution in [3.8, 4) is 0 Å². The molecule has 2 unspecified atom stereocenters. The monoisotopic (exact) mass is 493 g/mol. The predicted octanol–water partition coefficient (Wildman–Crippen LogP) is 2.46. The maximum Gasteiger partial charge on any atom is 0.262 e. The van der Waals surface area contributed by atoms with Crippen LogP contribution < -0.4 is 16.4 Å². The molecule has 1 saturated heterocycles. The van der Waals surface area contributed by atoms with Gasteiger partial charge in [0.25, 0.3) is 11.8 Å². The Labute approximate surface area is 207 Å². The number of amidine groups is 1. The van der Waals surface area contributed by atoms with Crippen LogP contribution in [0.3, 0.4) is 0 Å². The summed E-state index contributed by atoms with van der Waals surface area (Å²) in [7, 11) is 0. The molecule has 4 amide bonds. The Morgan fingerprint density at radius 3 is 2.51 bits per heavy atom. The topological polar surface area (TPSA) is 134 Å². The quantitative estimate of drug-likeness (QED) is 0.543. The molecule has 0 radical (unpaired) electrons. The van der Waals surface area contributed by atoms with E-state index in [9.17, 15) is 19.2 Å². The molecule has 35 heavy (non-hydrogen) atoms. The first-order valence-corrected chi connectivity index (χ1v) is 12.4. The van der Waals surface area contributed by atoms with Gasteiger partial charge in [-0.05, 0) is 43.0 Å². The van der Waals surface area contributed by atoms with Crippen LogP contribution in [0.4, 0.5) is 5.69 Å². The van der Waals surface area contributed by atoms with Crippen molar-refractivity contribution in [2.75, 3.05) is 18.4 Å². The summed E-state index contributed by atoms with van der Waals surface area (Å²) in [5.74, 6) is -1.83. The van der Waals surface area contributed by atoms with Crippen molar-refractivity contribution in [3.05, 3.63) is 65.7 Å². The normalized spacial score (nSPS) is 18.5. The van der Waals surface area contributed by atoms with Gasteiger partial charge in [0.05, 0.1) is 0 Å². The van der Waals surface area contributed by atoms with E-state index < -0.39 is 23.1 Å². The van der Waals surface area contributed by atoms with E-state index in [-0.39, 0.29) is 23.8 Å². The van der Waals surface area contributed by atoms with Gasteiger partial charge < -0.3 is 21.3 Å². The molecule has 2 aliphatic rings. The molecule has 2 atom stereocenters. The molecule has 2 aromatic carbocycles. The number of thioether (sulfide) groups is 1. The molecule has 0 spiro atoms. The third-order valence-electron chi connectivity index (χ3n) is 5.83. The second-order valence-corrected chi connectivity index (χ2v) is 9.61. The summed E-state index contributed by atoms with van der Waals surface area (Å²) in [5, 5.41) is 5.53. The number of anilines is 1. The summed E-state index contributed by atoms with van der Waals surface area (Å²) in [6, 6.07) is 14.1. The summed E-state index contributed by atoms with van der Waals surface area (Å²) in [6.07, 6.45) is 3.32. The zero-order valence-corrected chi connectivity index (χ0v) is 19.9. The van der Waals surface area contributed by atoms with Crippen molar-refractivity contribution in [3.63, 3.8) is 0 Å². The molecule has 182 valence electrons. The second kappa shape index (κ2) is 11.2. The smallest absolute Gasteiger partial charge is 0.262 e. The first kappa shape index (κ1) is 24.5. The lowest BCUT2D eigenvalue weighted by molar-refractivity contribution is -0.121. The average molecular weight is 494 g/mol. The molecular formula is C25H27N5O4S. The summed E-state index contributed by atoms with van der Waals surface area (Å²) < 4.78 is 0. The van der Waals surface area contributed by atoms with Crippen LogP contribution in [0.1, 0.15) is 47.6 Å². The first-order chi connectivity index (χ1) is 16.9. The predicted molar refractivity (Wildman–Crippen MR) is 135 cm³/mol. The van der Waals surface area contributed by atoms with Gasteiger partial charge in [0, 0.05) is 30.8 Å². The molecule has 0 aliphatic carbocycles. The number of piperidine rings is 1. The van der Waals surface area contributed by atoms with Crippen molar-refractivity contribution in [1.82, 2.24) is 10.2 Å².